The van der Waals surface area contributed by atoms with E-state index >= 15 is 0 Å². The van der Waals surface area contributed by atoms with Gasteiger partial charge in [-0.25, -0.2) is 9.78 Å². The summed E-state index contributed by atoms with van der Waals surface area (Å²) in [5.41, 5.74) is 2.58. The lowest BCUT2D eigenvalue weighted by atomic mass is 10.1. The summed E-state index contributed by atoms with van der Waals surface area (Å²) in [5.74, 6) is 1.03. The van der Waals surface area contributed by atoms with Gasteiger partial charge < -0.3 is 19.9 Å². The van der Waals surface area contributed by atoms with Crippen LogP contribution in [0.1, 0.15) is 32.0 Å². The van der Waals surface area contributed by atoms with Gasteiger partial charge in [0.1, 0.15) is 5.82 Å². The van der Waals surface area contributed by atoms with E-state index in [2.05, 4.69) is 22.3 Å². The lowest BCUT2D eigenvalue weighted by Gasteiger charge is -2.35. The zero-order chi connectivity index (χ0) is 17.4. The Hall–Kier alpha value is -1.53. The minimum absolute atomic E-state index is 0. The van der Waals surface area contributed by atoms with Crippen LogP contribution in [-0.4, -0.2) is 61.9 Å². The summed E-state index contributed by atoms with van der Waals surface area (Å²) in [7, 11) is 0. The number of aromatic nitrogens is 1. The summed E-state index contributed by atoms with van der Waals surface area (Å²) < 4.78 is 5.06. The Labute approximate surface area is 157 Å². The van der Waals surface area contributed by atoms with Crippen molar-refractivity contribution in [2.24, 2.45) is 0 Å². The molecule has 2 aliphatic rings. The molecule has 6 nitrogen and oxygen atoms in total. The van der Waals surface area contributed by atoms with Crippen molar-refractivity contribution in [1.29, 1.82) is 0 Å². The van der Waals surface area contributed by atoms with Crippen molar-refractivity contribution < 1.29 is 9.53 Å². The van der Waals surface area contributed by atoms with Crippen molar-refractivity contribution in [3.8, 4) is 0 Å². The largest absolute Gasteiger partial charge is 0.450 e. The number of fused-ring (bicyclic) bond motifs is 1. The van der Waals surface area contributed by atoms with E-state index in [1.807, 2.05) is 20.8 Å². The lowest BCUT2D eigenvalue weighted by molar-refractivity contribution is 0.105. The summed E-state index contributed by atoms with van der Waals surface area (Å²) in [6, 6.07) is 4.33. The topological polar surface area (TPSA) is 57.7 Å². The molecule has 0 spiro atoms. The second-order valence-electron chi connectivity index (χ2n) is 5.70. The van der Waals surface area contributed by atoms with Gasteiger partial charge in [-0.2, -0.15) is 0 Å². The van der Waals surface area contributed by atoms with Crippen LogP contribution in [0.2, 0.25) is 0 Å². The fourth-order valence-electron chi connectivity index (χ4n) is 3.03. The predicted octanol–water partition coefficient (Wildman–Crippen LogP) is 2.50. The smallest absolute Gasteiger partial charge is 0.409 e. The van der Waals surface area contributed by atoms with E-state index in [1.165, 1.54) is 11.3 Å². The molecule has 25 heavy (non-hydrogen) atoms. The van der Waals surface area contributed by atoms with Gasteiger partial charge in [0.15, 0.2) is 0 Å². The Morgan fingerprint density at radius 1 is 1.16 bits per heavy atom. The maximum absolute atomic E-state index is 11.7. The van der Waals surface area contributed by atoms with Crippen LogP contribution in [0, 0.1) is 0 Å². The molecule has 142 valence electrons. The molecule has 1 aromatic rings. The number of hydrogen-bond acceptors (Lipinski definition) is 5. The Bertz CT molecular complexity index is 534. The molecule has 0 radical (unpaired) electrons. The van der Waals surface area contributed by atoms with Crippen LogP contribution in [0.25, 0.3) is 0 Å². The number of halogens is 1. The summed E-state index contributed by atoms with van der Waals surface area (Å²) in [6.45, 7) is 11.3. The highest BCUT2D eigenvalue weighted by molar-refractivity contribution is 5.85. The number of anilines is 1. The third-order valence-corrected chi connectivity index (χ3v) is 4.29. The maximum atomic E-state index is 11.7. The molecule has 1 fully saturated rings. The Morgan fingerprint density at radius 3 is 2.52 bits per heavy atom. The number of pyridine rings is 1. The van der Waals surface area contributed by atoms with Crippen molar-refractivity contribution in [1.82, 2.24) is 15.2 Å². The number of carbonyl (C=O) groups is 1. The summed E-state index contributed by atoms with van der Waals surface area (Å²) in [6.07, 6.45) is 1.84. The number of ether oxygens (including phenoxy) is 1. The van der Waals surface area contributed by atoms with Crippen molar-refractivity contribution in [3.63, 3.8) is 0 Å². The minimum Gasteiger partial charge on any atom is -0.450 e. The van der Waals surface area contributed by atoms with Gasteiger partial charge >= 0.3 is 6.09 Å². The van der Waals surface area contributed by atoms with E-state index in [4.69, 9.17) is 9.72 Å². The molecule has 0 aliphatic carbocycles. The van der Waals surface area contributed by atoms with Crippen molar-refractivity contribution >= 4 is 24.3 Å². The molecule has 1 saturated heterocycles. The van der Waals surface area contributed by atoms with Gasteiger partial charge in [-0.05, 0) is 31.5 Å². The van der Waals surface area contributed by atoms with Gasteiger partial charge in [0.2, 0.25) is 0 Å². The predicted molar refractivity (Wildman–Crippen MR) is 104 cm³/mol. The van der Waals surface area contributed by atoms with E-state index in [1.54, 1.807) is 4.90 Å². The van der Waals surface area contributed by atoms with Gasteiger partial charge in [0.25, 0.3) is 0 Å². The van der Waals surface area contributed by atoms with Crippen molar-refractivity contribution in [2.45, 2.75) is 33.6 Å². The fraction of sp³-hybridized carbons (Fsp3) is 0.667. The van der Waals surface area contributed by atoms with Crippen molar-refractivity contribution in [3.05, 3.63) is 23.4 Å². The molecular formula is C18H31ClN4O2. The average Bonchev–Trinajstić information content (AvgIpc) is 2.88. The number of amides is 1. The van der Waals surface area contributed by atoms with E-state index < -0.39 is 0 Å². The molecule has 2 aliphatic heterocycles. The van der Waals surface area contributed by atoms with Crippen LogP contribution in [0.3, 0.4) is 0 Å². The molecule has 0 saturated carbocycles. The second-order valence-corrected chi connectivity index (χ2v) is 5.70. The van der Waals surface area contributed by atoms with E-state index in [0.717, 1.165) is 44.8 Å². The molecule has 0 aromatic carbocycles. The van der Waals surface area contributed by atoms with Crippen LogP contribution in [0.15, 0.2) is 12.1 Å². The number of nitrogens with one attached hydrogen (secondary N) is 1. The van der Waals surface area contributed by atoms with Crippen LogP contribution in [-0.2, 0) is 17.6 Å². The summed E-state index contributed by atoms with van der Waals surface area (Å²) in [5, 5.41) is 3.41. The highest BCUT2D eigenvalue weighted by atomic mass is 35.5. The number of rotatable bonds is 2. The number of piperazine rings is 1. The molecule has 3 rings (SSSR count). The highest BCUT2D eigenvalue weighted by Gasteiger charge is 2.23. The molecule has 7 heteroatoms. The van der Waals surface area contributed by atoms with Crippen molar-refractivity contribution in [2.75, 3.05) is 50.8 Å². The van der Waals surface area contributed by atoms with Gasteiger partial charge in [-0.1, -0.05) is 19.9 Å². The summed E-state index contributed by atoms with van der Waals surface area (Å²) >= 11 is 0. The normalized spacial score (nSPS) is 16.6. The first-order chi connectivity index (χ1) is 11.8. The Balaban J connectivity index is 0.00000101. The van der Waals surface area contributed by atoms with Gasteiger partial charge in [-0.3, -0.25) is 0 Å². The number of hydrogen-bond donors (Lipinski definition) is 1. The first-order valence-corrected chi connectivity index (χ1v) is 9.14. The highest BCUT2D eigenvalue weighted by Crippen LogP contribution is 2.19. The summed E-state index contributed by atoms with van der Waals surface area (Å²) in [4.78, 5) is 20.6. The van der Waals surface area contributed by atoms with Gasteiger partial charge in [0, 0.05) is 44.8 Å². The Morgan fingerprint density at radius 2 is 1.84 bits per heavy atom. The maximum Gasteiger partial charge on any atom is 0.409 e. The quantitative estimate of drug-likeness (QED) is 0.866. The zero-order valence-corrected chi connectivity index (χ0v) is 16.4. The standard InChI is InChI=1S/C16H24N4O2.C2H6.ClH/c1-2-22-16(21)20-11-9-19(10-12-20)15-4-3-13-5-7-17-8-6-14(13)18-15;1-2;/h3-4,17H,2,5-12H2,1H3;1-2H3;1H. The van der Waals surface area contributed by atoms with E-state index in [0.29, 0.717) is 19.7 Å². The molecule has 0 bridgehead atoms. The molecule has 1 N–H and O–H groups in total. The van der Waals surface area contributed by atoms with Crippen LogP contribution >= 0.6 is 12.4 Å². The minimum atomic E-state index is -0.205. The van der Waals surface area contributed by atoms with E-state index in [-0.39, 0.29) is 18.5 Å². The third kappa shape index (κ3) is 5.75. The SMILES string of the molecule is CC.CCOC(=O)N1CCN(c2ccc3c(n2)CCNCC3)CC1.Cl. The third-order valence-electron chi connectivity index (χ3n) is 4.29. The van der Waals surface area contributed by atoms with Gasteiger partial charge in [-0.15, -0.1) is 12.4 Å². The molecule has 1 amide bonds. The first kappa shape index (κ1) is 21.5. The average molecular weight is 371 g/mol. The Kier molecular flexibility index (Phi) is 9.60. The molecule has 0 unspecified atom stereocenters. The number of carbonyl (C=O) groups excluding carboxylic acids is 1. The first-order valence-electron chi connectivity index (χ1n) is 9.14. The molecular weight excluding hydrogens is 340 g/mol. The fourth-order valence-corrected chi connectivity index (χ4v) is 3.03. The van der Waals surface area contributed by atoms with Crippen LogP contribution in [0.4, 0.5) is 10.6 Å². The van der Waals surface area contributed by atoms with Crippen LogP contribution < -0.4 is 10.2 Å². The lowest BCUT2D eigenvalue weighted by Crippen LogP contribution is -2.49. The number of nitrogens with zero attached hydrogens (tertiary/aromatic N) is 3. The zero-order valence-electron chi connectivity index (χ0n) is 15.6. The van der Waals surface area contributed by atoms with E-state index in [9.17, 15) is 4.79 Å². The van der Waals surface area contributed by atoms with Crippen LogP contribution in [0.5, 0.6) is 0 Å². The van der Waals surface area contributed by atoms with Gasteiger partial charge in [0.05, 0.1) is 6.61 Å². The molecule has 0 atom stereocenters. The molecule has 1 aromatic heterocycles. The monoisotopic (exact) mass is 370 g/mol. The second kappa shape index (κ2) is 11.2. The molecule has 3 heterocycles.